The number of aryl methyl sites for hydroxylation is 2. The molecule has 1 aromatic rings. The van der Waals surface area contributed by atoms with Crippen molar-refractivity contribution >= 4 is 37.0 Å². The van der Waals surface area contributed by atoms with E-state index in [-0.39, 0.29) is 29.8 Å². The second-order valence-electron chi connectivity index (χ2n) is 3.17. The first-order valence-electron chi connectivity index (χ1n) is 4.71. The van der Waals surface area contributed by atoms with Gasteiger partial charge in [0, 0.05) is 0 Å². The summed E-state index contributed by atoms with van der Waals surface area (Å²) in [5.74, 6) is 0. The van der Waals surface area contributed by atoms with Gasteiger partial charge in [0.05, 0.1) is 13.6 Å². The SMILES string of the molecule is CCCC[n+]1ccn(C)c1.Cl.F[B-](F)(F)F.[AlH3]. The molecule has 0 bridgehead atoms. The van der Waals surface area contributed by atoms with Gasteiger partial charge in [-0.3, -0.25) is 0 Å². The molecule has 17 heavy (non-hydrogen) atoms. The van der Waals surface area contributed by atoms with E-state index in [2.05, 4.69) is 34.8 Å². The molecule has 2 nitrogen and oxygen atoms in total. The molecule has 0 radical (unpaired) electrons. The van der Waals surface area contributed by atoms with Crippen molar-refractivity contribution in [1.29, 1.82) is 0 Å². The van der Waals surface area contributed by atoms with Crippen LogP contribution in [-0.4, -0.2) is 29.2 Å². The van der Waals surface area contributed by atoms with E-state index in [1.165, 1.54) is 12.8 Å². The molecule has 0 aromatic carbocycles. The van der Waals surface area contributed by atoms with E-state index in [1.54, 1.807) is 0 Å². The van der Waals surface area contributed by atoms with Crippen LogP contribution in [0.2, 0.25) is 0 Å². The minimum atomic E-state index is -6.00. The van der Waals surface area contributed by atoms with E-state index in [0.717, 1.165) is 6.54 Å². The molecule has 0 saturated heterocycles. The van der Waals surface area contributed by atoms with Gasteiger partial charge in [-0.05, 0) is 6.42 Å². The predicted molar refractivity (Wildman–Crippen MR) is 67.9 cm³/mol. The summed E-state index contributed by atoms with van der Waals surface area (Å²) in [6.45, 7) is 3.36. The average Bonchev–Trinajstić information content (AvgIpc) is 2.45. The van der Waals surface area contributed by atoms with Crippen molar-refractivity contribution in [3.05, 3.63) is 18.7 Å². The van der Waals surface area contributed by atoms with Crippen LogP contribution in [0.25, 0.3) is 0 Å². The number of hydrogen-bond donors (Lipinski definition) is 0. The average molecular weight is 292 g/mol. The highest BCUT2D eigenvalue weighted by Crippen LogP contribution is 2.06. The quantitative estimate of drug-likeness (QED) is 0.455. The molecular weight excluding hydrogens is 273 g/mol. The van der Waals surface area contributed by atoms with Gasteiger partial charge in [0.15, 0.2) is 17.4 Å². The summed E-state index contributed by atoms with van der Waals surface area (Å²) in [5.41, 5.74) is 0. The fraction of sp³-hybridized carbons (Fsp3) is 0.625. The van der Waals surface area contributed by atoms with Gasteiger partial charge in [0.25, 0.3) is 0 Å². The Morgan fingerprint density at radius 2 is 1.71 bits per heavy atom. The lowest BCUT2D eigenvalue weighted by atomic mass is 10.3. The Morgan fingerprint density at radius 3 is 2.00 bits per heavy atom. The molecule has 1 aromatic heterocycles. The lowest BCUT2D eigenvalue weighted by Gasteiger charge is -1.94. The van der Waals surface area contributed by atoms with Gasteiger partial charge >= 0.3 is 7.25 Å². The third-order valence-corrected chi connectivity index (χ3v) is 1.59. The fourth-order valence-corrected chi connectivity index (χ4v) is 0.975. The van der Waals surface area contributed by atoms with Crippen LogP contribution >= 0.6 is 12.4 Å². The van der Waals surface area contributed by atoms with Crippen LogP contribution in [0, 0.1) is 0 Å². The maximum atomic E-state index is 9.75. The van der Waals surface area contributed by atoms with E-state index in [1.807, 2.05) is 7.05 Å². The molecule has 0 aliphatic carbocycles. The van der Waals surface area contributed by atoms with Crippen molar-refractivity contribution in [2.24, 2.45) is 7.05 Å². The molecule has 0 spiro atoms. The maximum Gasteiger partial charge on any atom is 0.673 e. The second kappa shape index (κ2) is 10.9. The van der Waals surface area contributed by atoms with Crippen molar-refractivity contribution in [3.63, 3.8) is 0 Å². The Kier molecular flexibility index (Phi) is 14.2. The molecule has 9 heteroatoms. The van der Waals surface area contributed by atoms with Gasteiger partial charge in [-0.25, -0.2) is 9.13 Å². The summed E-state index contributed by atoms with van der Waals surface area (Å²) in [5, 5.41) is 0. The Bertz CT molecular complexity index is 277. The third kappa shape index (κ3) is 18.4. The van der Waals surface area contributed by atoms with Crippen molar-refractivity contribution in [2.45, 2.75) is 26.3 Å². The summed E-state index contributed by atoms with van der Waals surface area (Å²) in [6.07, 6.45) is 8.82. The number of hydrogen-bond acceptors (Lipinski definition) is 0. The van der Waals surface area contributed by atoms with E-state index in [0.29, 0.717) is 0 Å². The zero-order valence-corrected chi connectivity index (χ0v) is 10.1. The molecule has 102 valence electrons. The molecule has 0 N–H and O–H groups in total. The Balaban J connectivity index is -0.000000247. The van der Waals surface area contributed by atoms with E-state index in [9.17, 15) is 17.3 Å². The lowest BCUT2D eigenvalue weighted by Crippen LogP contribution is -2.30. The number of rotatable bonds is 3. The van der Waals surface area contributed by atoms with Crippen LogP contribution in [-0.2, 0) is 13.6 Å². The van der Waals surface area contributed by atoms with Crippen LogP contribution in [0.5, 0.6) is 0 Å². The number of aromatic nitrogens is 2. The van der Waals surface area contributed by atoms with Gasteiger partial charge in [-0.2, -0.15) is 0 Å². The smallest absolute Gasteiger partial charge is 0.418 e. The molecule has 1 heterocycles. The van der Waals surface area contributed by atoms with E-state index >= 15 is 0 Å². The topological polar surface area (TPSA) is 8.81 Å². The summed E-state index contributed by atoms with van der Waals surface area (Å²) >= 11 is 0. The van der Waals surface area contributed by atoms with Crippen molar-refractivity contribution in [1.82, 2.24) is 4.57 Å². The van der Waals surface area contributed by atoms with Gasteiger partial charge in [0.2, 0.25) is 6.33 Å². The molecule has 1 rings (SSSR count). The summed E-state index contributed by atoms with van der Waals surface area (Å²) in [4.78, 5) is 0. The highest BCUT2D eigenvalue weighted by molar-refractivity contribution is 6.50. The first-order valence-corrected chi connectivity index (χ1v) is 4.71. The lowest BCUT2D eigenvalue weighted by molar-refractivity contribution is -0.696. The first-order chi connectivity index (χ1) is 6.83. The van der Waals surface area contributed by atoms with Crippen LogP contribution < -0.4 is 4.57 Å². The van der Waals surface area contributed by atoms with Crippen LogP contribution in [0.1, 0.15) is 19.8 Å². The minimum Gasteiger partial charge on any atom is -0.418 e. The number of imidazole rings is 1. The van der Waals surface area contributed by atoms with Crippen molar-refractivity contribution in [3.8, 4) is 0 Å². The van der Waals surface area contributed by atoms with E-state index < -0.39 is 7.25 Å². The summed E-state index contributed by atoms with van der Waals surface area (Å²) < 4.78 is 43.3. The molecule has 0 amide bonds. The standard InChI is InChI=1S/C8H15N2.Al.BF4.ClH.3H/c1-3-4-5-10-7-6-9(2)8-10;;2-1(3,4)5;;;;/h6-8H,3-5H2,1-2H3;;;1H;;;/q+1;;-1;;;;. The number of nitrogens with zero attached hydrogens (tertiary/aromatic N) is 2. The van der Waals surface area contributed by atoms with Crippen molar-refractivity contribution < 1.29 is 21.8 Å². The number of unbranched alkanes of at least 4 members (excludes halogenated alkanes) is 1. The second-order valence-corrected chi connectivity index (χ2v) is 3.17. The van der Waals surface area contributed by atoms with E-state index in [4.69, 9.17) is 0 Å². The summed E-state index contributed by atoms with van der Waals surface area (Å²) in [7, 11) is -3.96. The maximum absolute atomic E-state index is 9.75. The van der Waals surface area contributed by atoms with Crippen LogP contribution in [0.15, 0.2) is 18.7 Å². The Labute approximate surface area is 116 Å². The molecule has 0 fully saturated rings. The minimum absolute atomic E-state index is 0. The first kappa shape index (κ1) is 22.0. The molecule has 0 unspecified atom stereocenters. The predicted octanol–water partition coefficient (Wildman–Crippen LogP) is 1.65. The van der Waals surface area contributed by atoms with Gasteiger partial charge in [-0.1, -0.05) is 13.3 Å². The zero-order valence-electron chi connectivity index (χ0n) is 9.25. The zero-order chi connectivity index (χ0) is 11.9. The summed E-state index contributed by atoms with van der Waals surface area (Å²) in [6, 6.07) is 0. The third-order valence-electron chi connectivity index (χ3n) is 1.59. The van der Waals surface area contributed by atoms with Gasteiger partial charge in [-0.15, -0.1) is 12.4 Å². The highest BCUT2D eigenvalue weighted by atomic mass is 35.5. The molecule has 0 saturated carbocycles. The number of halogens is 5. The molecule has 0 atom stereocenters. The monoisotopic (exact) mass is 292 g/mol. The van der Waals surface area contributed by atoms with Crippen LogP contribution in [0.4, 0.5) is 17.3 Å². The molecular formula is C8H19AlBClF4N2. The molecule has 0 aliphatic rings. The highest BCUT2D eigenvalue weighted by Gasteiger charge is 2.20. The van der Waals surface area contributed by atoms with Crippen LogP contribution in [0.3, 0.4) is 0 Å². The Morgan fingerprint density at radius 1 is 1.24 bits per heavy atom. The normalized spacial score (nSPS) is 9.53. The molecule has 0 aliphatic heterocycles. The van der Waals surface area contributed by atoms with Gasteiger partial charge < -0.3 is 17.3 Å². The van der Waals surface area contributed by atoms with Crippen molar-refractivity contribution in [2.75, 3.05) is 0 Å². The van der Waals surface area contributed by atoms with Gasteiger partial charge in [0.1, 0.15) is 12.4 Å². The largest absolute Gasteiger partial charge is 0.673 e. The fourth-order valence-electron chi connectivity index (χ4n) is 0.975. The Hall–Kier alpha value is -0.183.